The van der Waals surface area contributed by atoms with Gasteiger partial charge in [-0.25, -0.2) is 0 Å². The summed E-state index contributed by atoms with van der Waals surface area (Å²) in [5.41, 5.74) is 4.91. The zero-order chi connectivity index (χ0) is 15.4. The minimum Gasteiger partial charge on any atom is -0.316 e. The Hall–Kier alpha value is -1.32. The van der Waals surface area contributed by atoms with Gasteiger partial charge >= 0.3 is 0 Å². The fourth-order valence-corrected chi connectivity index (χ4v) is 3.06. The van der Waals surface area contributed by atoms with E-state index >= 15 is 0 Å². The van der Waals surface area contributed by atoms with Crippen molar-refractivity contribution in [2.45, 2.75) is 40.2 Å². The van der Waals surface area contributed by atoms with Crippen molar-refractivity contribution < 1.29 is 0 Å². The van der Waals surface area contributed by atoms with Crippen molar-refractivity contribution in [3.8, 4) is 0 Å². The van der Waals surface area contributed by atoms with E-state index in [9.17, 15) is 0 Å². The third kappa shape index (κ3) is 3.86. The van der Waals surface area contributed by atoms with Crippen molar-refractivity contribution in [2.75, 3.05) is 13.1 Å². The molecule has 3 nitrogen and oxygen atoms in total. The maximum absolute atomic E-state index is 6.06. The highest BCUT2D eigenvalue weighted by atomic mass is 35.5. The normalized spacial score (nSPS) is 12.6. The third-order valence-corrected chi connectivity index (χ3v) is 4.09. The van der Waals surface area contributed by atoms with Crippen LogP contribution in [0.2, 0.25) is 5.02 Å². The highest BCUT2D eigenvalue weighted by Gasteiger charge is 2.17. The van der Waals surface area contributed by atoms with E-state index in [2.05, 4.69) is 43.8 Å². The SMILES string of the molecule is CCNCC(C)c1c(C)nn(Cc2cccc(Cl)c2)c1C. The molecule has 0 aliphatic rings. The molecule has 1 atom stereocenters. The molecule has 0 fully saturated rings. The van der Waals surface area contributed by atoms with Crippen LogP contribution in [-0.2, 0) is 6.54 Å². The number of aromatic nitrogens is 2. The van der Waals surface area contributed by atoms with E-state index in [0.29, 0.717) is 5.92 Å². The van der Waals surface area contributed by atoms with Crippen molar-refractivity contribution in [2.24, 2.45) is 0 Å². The molecule has 1 unspecified atom stereocenters. The Kier molecular flexibility index (Phi) is 5.43. The molecular formula is C17H24ClN3. The van der Waals surface area contributed by atoms with E-state index in [1.54, 1.807) is 0 Å². The Balaban J connectivity index is 2.22. The maximum atomic E-state index is 6.06. The van der Waals surface area contributed by atoms with Crippen LogP contribution in [0.3, 0.4) is 0 Å². The molecule has 0 amide bonds. The van der Waals surface area contributed by atoms with Crippen molar-refractivity contribution in [3.63, 3.8) is 0 Å². The lowest BCUT2D eigenvalue weighted by atomic mass is 9.99. The number of nitrogens with one attached hydrogen (secondary N) is 1. The summed E-state index contributed by atoms with van der Waals surface area (Å²) in [6.07, 6.45) is 0. The van der Waals surface area contributed by atoms with E-state index in [-0.39, 0.29) is 0 Å². The molecule has 0 saturated carbocycles. The number of halogens is 1. The Bertz CT molecular complexity index is 604. The van der Waals surface area contributed by atoms with Crippen LogP contribution in [0.5, 0.6) is 0 Å². The van der Waals surface area contributed by atoms with Crippen LogP contribution in [0, 0.1) is 13.8 Å². The lowest BCUT2D eigenvalue weighted by Crippen LogP contribution is -2.20. The average molecular weight is 306 g/mol. The summed E-state index contributed by atoms with van der Waals surface area (Å²) in [5.74, 6) is 0.470. The van der Waals surface area contributed by atoms with Crippen LogP contribution in [0.25, 0.3) is 0 Å². The number of nitrogens with zero attached hydrogens (tertiary/aromatic N) is 2. The van der Waals surface area contributed by atoms with Crippen LogP contribution in [0.15, 0.2) is 24.3 Å². The molecule has 1 aromatic carbocycles. The predicted molar refractivity (Wildman–Crippen MR) is 89.2 cm³/mol. The number of hydrogen-bond acceptors (Lipinski definition) is 2. The molecule has 0 bridgehead atoms. The predicted octanol–water partition coefficient (Wildman–Crippen LogP) is 3.91. The molecule has 0 aliphatic heterocycles. The van der Waals surface area contributed by atoms with Gasteiger partial charge in [0.2, 0.25) is 0 Å². The van der Waals surface area contributed by atoms with Gasteiger partial charge in [0.1, 0.15) is 0 Å². The van der Waals surface area contributed by atoms with Crippen molar-refractivity contribution >= 4 is 11.6 Å². The fourth-order valence-electron chi connectivity index (χ4n) is 2.85. The lowest BCUT2D eigenvalue weighted by molar-refractivity contribution is 0.624. The Morgan fingerprint density at radius 3 is 2.76 bits per heavy atom. The van der Waals surface area contributed by atoms with Gasteiger partial charge in [0.05, 0.1) is 12.2 Å². The van der Waals surface area contributed by atoms with E-state index in [1.165, 1.54) is 16.8 Å². The van der Waals surface area contributed by atoms with Gasteiger partial charge < -0.3 is 5.32 Å². The van der Waals surface area contributed by atoms with E-state index in [0.717, 1.165) is 30.4 Å². The Morgan fingerprint density at radius 2 is 2.10 bits per heavy atom. The van der Waals surface area contributed by atoms with Crippen molar-refractivity contribution in [1.82, 2.24) is 15.1 Å². The molecule has 0 radical (unpaired) electrons. The highest BCUT2D eigenvalue weighted by molar-refractivity contribution is 6.30. The Morgan fingerprint density at radius 1 is 1.33 bits per heavy atom. The second kappa shape index (κ2) is 7.10. The maximum Gasteiger partial charge on any atom is 0.0663 e. The molecule has 1 N–H and O–H groups in total. The molecule has 1 aromatic heterocycles. The zero-order valence-electron chi connectivity index (χ0n) is 13.3. The van der Waals surface area contributed by atoms with Crippen LogP contribution in [0.1, 0.15) is 42.3 Å². The first-order chi connectivity index (χ1) is 10.0. The average Bonchev–Trinajstić information content (AvgIpc) is 2.71. The quantitative estimate of drug-likeness (QED) is 0.877. The molecule has 1 heterocycles. The summed E-state index contributed by atoms with van der Waals surface area (Å²) >= 11 is 6.06. The third-order valence-electron chi connectivity index (χ3n) is 3.85. The number of aryl methyl sites for hydroxylation is 1. The van der Waals surface area contributed by atoms with Gasteiger partial charge in [-0.15, -0.1) is 0 Å². The molecule has 0 aliphatic carbocycles. The summed E-state index contributed by atoms with van der Waals surface area (Å²) in [6, 6.07) is 7.97. The van der Waals surface area contributed by atoms with Crippen LogP contribution in [-0.4, -0.2) is 22.9 Å². The minimum atomic E-state index is 0.470. The van der Waals surface area contributed by atoms with E-state index < -0.39 is 0 Å². The zero-order valence-corrected chi connectivity index (χ0v) is 14.0. The fraction of sp³-hybridized carbons (Fsp3) is 0.471. The molecular weight excluding hydrogens is 282 g/mol. The first-order valence-corrected chi connectivity index (χ1v) is 7.89. The van der Waals surface area contributed by atoms with Crippen molar-refractivity contribution in [1.29, 1.82) is 0 Å². The minimum absolute atomic E-state index is 0.470. The second-order valence-electron chi connectivity index (χ2n) is 5.58. The van der Waals surface area contributed by atoms with E-state index in [1.807, 2.05) is 18.2 Å². The summed E-state index contributed by atoms with van der Waals surface area (Å²) in [5, 5.41) is 8.90. The van der Waals surface area contributed by atoms with Crippen LogP contribution < -0.4 is 5.32 Å². The first-order valence-electron chi connectivity index (χ1n) is 7.52. The van der Waals surface area contributed by atoms with Gasteiger partial charge in [-0.3, -0.25) is 4.68 Å². The second-order valence-corrected chi connectivity index (χ2v) is 6.02. The summed E-state index contributed by atoms with van der Waals surface area (Å²) in [6.45, 7) is 11.4. The molecule has 4 heteroatoms. The molecule has 2 rings (SSSR count). The van der Waals surface area contributed by atoms with E-state index in [4.69, 9.17) is 16.7 Å². The van der Waals surface area contributed by atoms with Crippen LogP contribution in [0.4, 0.5) is 0 Å². The Labute approximate surface area is 132 Å². The van der Waals surface area contributed by atoms with Gasteiger partial charge in [0, 0.05) is 22.8 Å². The largest absolute Gasteiger partial charge is 0.316 e. The molecule has 21 heavy (non-hydrogen) atoms. The van der Waals surface area contributed by atoms with Gasteiger partial charge in [-0.05, 0) is 44.0 Å². The van der Waals surface area contributed by atoms with Gasteiger partial charge in [-0.1, -0.05) is 37.6 Å². The summed E-state index contributed by atoms with van der Waals surface area (Å²) in [4.78, 5) is 0. The van der Waals surface area contributed by atoms with Crippen molar-refractivity contribution in [3.05, 3.63) is 51.8 Å². The number of benzene rings is 1. The highest BCUT2D eigenvalue weighted by Crippen LogP contribution is 2.23. The topological polar surface area (TPSA) is 29.9 Å². The van der Waals surface area contributed by atoms with Crippen LogP contribution >= 0.6 is 11.6 Å². The summed E-state index contributed by atoms with van der Waals surface area (Å²) in [7, 11) is 0. The number of likely N-dealkylation sites (N-methyl/N-ethyl adjacent to an activating group) is 1. The molecule has 2 aromatic rings. The molecule has 114 valence electrons. The van der Waals surface area contributed by atoms with Gasteiger partial charge in [0.25, 0.3) is 0 Å². The van der Waals surface area contributed by atoms with Gasteiger partial charge in [-0.2, -0.15) is 5.10 Å². The molecule has 0 spiro atoms. The molecule has 0 saturated heterocycles. The summed E-state index contributed by atoms with van der Waals surface area (Å²) < 4.78 is 2.08. The standard InChI is InChI=1S/C17H24ClN3/c1-5-19-10-12(2)17-13(3)20-21(14(17)4)11-15-7-6-8-16(18)9-15/h6-9,12,19H,5,10-11H2,1-4H3. The van der Waals surface area contributed by atoms with Gasteiger partial charge in [0.15, 0.2) is 0 Å². The smallest absolute Gasteiger partial charge is 0.0663 e. The lowest BCUT2D eigenvalue weighted by Gasteiger charge is -2.13. The first kappa shape index (κ1) is 16.1. The number of hydrogen-bond donors (Lipinski definition) is 1. The monoisotopic (exact) mass is 305 g/mol. The number of rotatable bonds is 6.